The zero-order chi connectivity index (χ0) is 7.23. The summed E-state index contributed by atoms with van der Waals surface area (Å²) in [5.74, 6) is 0. The summed E-state index contributed by atoms with van der Waals surface area (Å²) < 4.78 is 2.10. The largest absolute Gasteiger partial charge is 0.379 e. The number of nitrogens with zero attached hydrogens (tertiary/aromatic N) is 1. The van der Waals surface area contributed by atoms with Gasteiger partial charge in [0.05, 0.1) is 0 Å². The molecule has 3 nitrogen and oxygen atoms in total. The average molecular weight is 134 g/mol. The minimum absolute atomic E-state index is 1.09. The standard InChI is InChI=1S/C4H11B3N3/c1-2-3-4-10-6-8-5-9-7-10/h8-9H,2-4H2,1H3. The van der Waals surface area contributed by atoms with Crippen molar-refractivity contribution in [2.45, 2.75) is 19.8 Å². The van der Waals surface area contributed by atoms with Gasteiger partial charge in [-0.05, 0) is 13.0 Å². The minimum Gasteiger partial charge on any atom is -0.379 e. The summed E-state index contributed by atoms with van der Waals surface area (Å²) in [6.07, 6.45) is 2.47. The van der Waals surface area contributed by atoms with Crippen LogP contribution in [0.4, 0.5) is 0 Å². The third-order valence-electron chi connectivity index (χ3n) is 1.42. The molecule has 10 heavy (non-hydrogen) atoms. The number of nitrogens with one attached hydrogen (secondary N) is 2. The fourth-order valence-electron chi connectivity index (χ4n) is 0.821. The Morgan fingerprint density at radius 1 is 1.30 bits per heavy atom. The van der Waals surface area contributed by atoms with Gasteiger partial charge in [-0.15, -0.1) is 0 Å². The highest BCUT2D eigenvalue weighted by molar-refractivity contribution is 6.65. The summed E-state index contributed by atoms with van der Waals surface area (Å²) in [7, 11) is 5.70. The molecule has 0 unspecified atom stereocenters. The second kappa shape index (κ2) is 4.82. The van der Waals surface area contributed by atoms with Crippen molar-refractivity contribution in [3.8, 4) is 0 Å². The monoisotopic (exact) mass is 134 g/mol. The molecule has 0 aliphatic carbocycles. The van der Waals surface area contributed by atoms with Crippen molar-refractivity contribution < 1.29 is 0 Å². The molecule has 1 fully saturated rings. The Balaban J connectivity index is 2.02. The molecule has 1 rings (SSSR count). The van der Waals surface area contributed by atoms with Crippen LogP contribution in [-0.4, -0.2) is 33.9 Å². The van der Waals surface area contributed by atoms with Gasteiger partial charge in [0, 0.05) is 0 Å². The van der Waals surface area contributed by atoms with Gasteiger partial charge in [-0.25, -0.2) is 0 Å². The molecule has 0 aromatic carbocycles. The first-order valence-corrected chi connectivity index (χ1v) is 3.69. The summed E-state index contributed by atoms with van der Waals surface area (Å²) in [4.78, 5) is 0. The molecule has 0 saturated carbocycles. The van der Waals surface area contributed by atoms with Crippen LogP contribution in [0.15, 0.2) is 0 Å². The summed E-state index contributed by atoms with van der Waals surface area (Å²) in [6, 6.07) is 0. The second-order valence-electron chi connectivity index (χ2n) is 2.33. The lowest BCUT2D eigenvalue weighted by atomic mass is 9.80. The van der Waals surface area contributed by atoms with Gasteiger partial charge < -0.3 is 15.0 Å². The van der Waals surface area contributed by atoms with E-state index >= 15 is 0 Å². The number of unbranched alkanes of at least 4 members (excludes halogenated alkanes) is 1. The molecule has 1 aliphatic heterocycles. The summed E-state index contributed by atoms with van der Waals surface area (Å²) in [5, 5.41) is 5.95. The molecule has 0 bridgehead atoms. The summed E-state index contributed by atoms with van der Waals surface area (Å²) in [5.41, 5.74) is 0. The van der Waals surface area contributed by atoms with Crippen LogP contribution >= 0.6 is 0 Å². The van der Waals surface area contributed by atoms with Crippen molar-refractivity contribution in [2.24, 2.45) is 0 Å². The van der Waals surface area contributed by atoms with Crippen molar-refractivity contribution >= 4 is 22.6 Å². The first-order valence-electron chi connectivity index (χ1n) is 3.69. The first kappa shape index (κ1) is 8.17. The van der Waals surface area contributed by atoms with Gasteiger partial charge in [0.15, 0.2) is 0 Å². The lowest BCUT2D eigenvalue weighted by Gasteiger charge is -2.24. The van der Waals surface area contributed by atoms with E-state index in [2.05, 4.69) is 21.9 Å². The van der Waals surface area contributed by atoms with E-state index in [1.54, 1.807) is 7.55 Å². The quantitative estimate of drug-likeness (QED) is 0.478. The average Bonchev–Trinajstić information content (AvgIpc) is 2.03. The molecular formula is C4H11B3N3. The van der Waals surface area contributed by atoms with Crippen molar-refractivity contribution in [1.82, 2.24) is 15.0 Å². The van der Waals surface area contributed by atoms with Gasteiger partial charge in [-0.2, -0.15) is 0 Å². The van der Waals surface area contributed by atoms with Crippen molar-refractivity contribution in [2.75, 3.05) is 6.54 Å². The van der Waals surface area contributed by atoms with E-state index in [9.17, 15) is 0 Å². The smallest absolute Gasteiger partial charge is 0.287 e. The van der Waals surface area contributed by atoms with Crippen molar-refractivity contribution in [3.63, 3.8) is 0 Å². The Kier molecular flexibility index (Phi) is 3.94. The van der Waals surface area contributed by atoms with E-state index in [0.717, 1.165) is 6.54 Å². The lowest BCUT2D eigenvalue weighted by Crippen LogP contribution is -2.57. The molecule has 1 heterocycles. The van der Waals surface area contributed by atoms with E-state index in [0.29, 0.717) is 0 Å². The van der Waals surface area contributed by atoms with Gasteiger partial charge in [0.1, 0.15) is 0 Å². The molecule has 0 amide bonds. The fourth-order valence-corrected chi connectivity index (χ4v) is 0.821. The minimum atomic E-state index is 1.09. The molecule has 0 aromatic heterocycles. The summed E-state index contributed by atoms with van der Waals surface area (Å²) in [6.45, 7) is 3.28. The lowest BCUT2D eigenvalue weighted by molar-refractivity contribution is 0.604. The predicted molar refractivity (Wildman–Crippen MR) is 45.1 cm³/mol. The fraction of sp³-hybridized carbons (Fsp3) is 1.00. The molecule has 1 saturated heterocycles. The Morgan fingerprint density at radius 2 is 2.00 bits per heavy atom. The molecule has 3 radical (unpaired) electrons. The molecule has 0 aromatic rings. The normalized spacial score (nSPS) is 18.9. The molecular weight excluding hydrogens is 123 g/mol. The van der Waals surface area contributed by atoms with Crippen LogP contribution in [0.3, 0.4) is 0 Å². The van der Waals surface area contributed by atoms with Crippen LogP contribution in [0, 0.1) is 0 Å². The van der Waals surface area contributed by atoms with Crippen LogP contribution in [-0.2, 0) is 0 Å². The Bertz CT molecular complexity index is 85.8. The van der Waals surface area contributed by atoms with E-state index in [1.807, 2.05) is 15.1 Å². The van der Waals surface area contributed by atoms with E-state index in [1.165, 1.54) is 12.8 Å². The Labute approximate surface area is 64.8 Å². The molecule has 51 valence electrons. The topological polar surface area (TPSA) is 27.3 Å². The van der Waals surface area contributed by atoms with E-state index in [4.69, 9.17) is 0 Å². The second-order valence-corrected chi connectivity index (χ2v) is 2.33. The maximum absolute atomic E-state index is 2.98. The molecule has 6 heteroatoms. The molecule has 1 aliphatic rings. The molecule has 0 atom stereocenters. The van der Waals surface area contributed by atoms with Crippen molar-refractivity contribution in [1.29, 1.82) is 0 Å². The Morgan fingerprint density at radius 3 is 2.60 bits per heavy atom. The number of hydrogen-bond donors (Lipinski definition) is 2. The zero-order valence-electron chi connectivity index (χ0n) is 6.30. The highest BCUT2D eigenvalue weighted by Gasteiger charge is 2.12. The van der Waals surface area contributed by atoms with Gasteiger partial charge in [-0.1, -0.05) is 13.3 Å². The highest BCUT2D eigenvalue weighted by atomic mass is 15.1. The van der Waals surface area contributed by atoms with E-state index in [-0.39, 0.29) is 0 Å². The molecule has 0 spiro atoms. The first-order chi connectivity index (χ1) is 4.93. The summed E-state index contributed by atoms with van der Waals surface area (Å²) >= 11 is 0. The van der Waals surface area contributed by atoms with Gasteiger partial charge >= 0.3 is 0 Å². The number of rotatable bonds is 3. The van der Waals surface area contributed by atoms with Crippen molar-refractivity contribution in [3.05, 3.63) is 0 Å². The zero-order valence-corrected chi connectivity index (χ0v) is 6.30. The van der Waals surface area contributed by atoms with Crippen LogP contribution in [0.5, 0.6) is 0 Å². The van der Waals surface area contributed by atoms with Crippen LogP contribution in [0.2, 0.25) is 0 Å². The third-order valence-corrected chi connectivity index (χ3v) is 1.42. The maximum atomic E-state index is 2.98. The van der Waals surface area contributed by atoms with Crippen LogP contribution in [0.25, 0.3) is 0 Å². The molecule has 2 N–H and O–H groups in total. The SMILES string of the molecule is CCCCN1[B]N[B]N[B]1. The van der Waals surface area contributed by atoms with Gasteiger partial charge in [0.2, 0.25) is 0 Å². The Hall–Kier alpha value is 0.0748. The third kappa shape index (κ3) is 2.77. The van der Waals surface area contributed by atoms with E-state index < -0.39 is 0 Å². The highest BCUT2D eigenvalue weighted by Crippen LogP contribution is 1.90. The van der Waals surface area contributed by atoms with Gasteiger partial charge in [0.25, 0.3) is 22.6 Å². The number of hydrogen-bond acceptors (Lipinski definition) is 3. The van der Waals surface area contributed by atoms with Crippen LogP contribution < -0.4 is 10.3 Å². The van der Waals surface area contributed by atoms with Crippen LogP contribution in [0.1, 0.15) is 19.8 Å². The maximum Gasteiger partial charge on any atom is 0.287 e. The van der Waals surface area contributed by atoms with Gasteiger partial charge in [-0.3, -0.25) is 0 Å². The predicted octanol–water partition coefficient (Wildman–Crippen LogP) is -1.12.